The first-order chi connectivity index (χ1) is 33.7. The molecule has 11 aromatic rings. The second kappa shape index (κ2) is 19.2. The summed E-state index contributed by atoms with van der Waals surface area (Å²) in [6.07, 6.45) is 8.67. The van der Waals surface area contributed by atoms with Crippen molar-refractivity contribution in [2.45, 2.75) is 0 Å². The van der Waals surface area contributed by atoms with Crippen molar-refractivity contribution in [1.29, 1.82) is 0 Å². The molecule has 0 saturated carbocycles. The Labute approximate surface area is 399 Å². The topological polar surface area (TPSA) is 6.48 Å². The molecule has 0 aliphatic rings. The van der Waals surface area contributed by atoms with Crippen LogP contribution in [0.25, 0.3) is 68.1 Å². The zero-order valence-corrected chi connectivity index (χ0v) is 37.6. The van der Waals surface area contributed by atoms with Crippen molar-refractivity contribution in [3.8, 4) is 22.3 Å². The van der Waals surface area contributed by atoms with Crippen molar-refractivity contribution < 1.29 is 0 Å². The molecule has 0 radical (unpaired) electrons. The maximum Gasteiger partial charge on any atom is 0.0462 e. The van der Waals surface area contributed by atoms with Gasteiger partial charge in [-0.15, -0.1) is 0 Å². The second-order valence-corrected chi connectivity index (χ2v) is 16.9. The second-order valence-electron chi connectivity index (χ2n) is 16.9. The lowest BCUT2D eigenvalue weighted by Crippen LogP contribution is -2.09. The summed E-state index contributed by atoms with van der Waals surface area (Å²) in [7, 11) is 0. The predicted molar refractivity (Wildman–Crippen MR) is 292 cm³/mol. The highest BCUT2D eigenvalue weighted by Gasteiger charge is 2.19. The molecular formula is C66H48N2. The maximum atomic E-state index is 2.35. The van der Waals surface area contributed by atoms with Crippen LogP contribution in [0.1, 0.15) is 22.3 Å². The van der Waals surface area contributed by atoms with Crippen LogP contribution in [0.3, 0.4) is 0 Å². The normalized spacial score (nSPS) is 11.4. The van der Waals surface area contributed by atoms with Crippen LogP contribution in [0.15, 0.2) is 267 Å². The molecule has 68 heavy (non-hydrogen) atoms. The Bertz CT molecular complexity index is 3300. The van der Waals surface area contributed by atoms with Gasteiger partial charge in [0.1, 0.15) is 0 Å². The van der Waals surface area contributed by atoms with Crippen LogP contribution in [0.4, 0.5) is 34.1 Å². The maximum absolute atomic E-state index is 2.35. The molecule has 2 heteroatoms. The first-order valence-electron chi connectivity index (χ1n) is 23.2. The van der Waals surface area contributed by atoms with E-state index in [-0.39, 0.29) is 0 Å². The smallest absolute Gasteiger partial charge is 0.0462 e. The number of hydrogen-bond donors (Lipinski definition) is 0. The summed E-state index contributed by atoms with van der Waals surface area (Å²) in [6.45, 7) is 0. The van der Waals surface area contributed by atoms with Gasteiger partial charge in [-0.25, -0.2) is 0 Å². The SMILES string of the molecule is C(=Cc1ccc(N(c2ccc(/C=C\c3ccccc3)cc2)c2ccc(-c3c4ccccc4c(-c4ccc(N(c5ccccc5)c5ccccc5)cc4)c4ccccc34)cc2)cc1)c1ccccc1. The van der Waals surface area contributed by atoms with Gasteiger partial charge in [0, 0.05) is 34.1 Å². The lowest BCUT2D eigenvalue weighted by atomic mass is 9.86. The highest BCUT2D eigenvalue weighted by Crippen LogP contribution is 2.45. The van der Waals surface area contributed by atoms with Crippen LogP contribution in [-0.2, 0) is 0 Å². The third-order valence-electron chi connectivity index (χ3n) is 12.6. The molecule has 11 aromatic carbocycles. The molecule has 0 aromatic heterocycles. The molecule has 0 amide bonds. The average Bonchev–Trinajstić information content (AvgIpc) is 3.41. The molecule has 0 aliphatic carbocycles. The molecule has 0 N–H and O–H groups in total. The molecule has 0 heterocycles. The summed E-state index contributed by atoms with van der Waals surface area (Å²) in [6, 6.07) is 95.7. The van der Waals surface area contributed by atoms with E-state index < -0.39 is 0 Å². The Hall–Kier alpha value is -8.98. The van der Waals surface area contributed by atoms with E-state index in [1.54, 1.807) is 0 Å². The monoisotopic (exact) mass is 868 g/mol. The van der Waals surface area contributed by atoms with Crippen molar-refractivity contribution in [3.05, 3.63) is 289 Å². The molecule has 0 spiro atoms. The number of nitrogens with zero attached hydrogens (tertiary/aromatic N) is 2. The van der Waals surface area contributed by atoms with E-state index in [1.807, 2.05) is 12.1 Å². The highest BCUT2D eigenvalue weighted by atomic mass is 15.1. The Balaban J connectivity index is 0.966. The molecule has 11 rings (SSSR count). The lowest BCUT2D eigenvalue weighted by molar-refractivity contribution is 1.28. The highest BCUT2D eigenvalue weighted by molar-refractivity contribution is 6.21. The van der Waals surface area contributed by atoms with Gasteiger partial charge in [0.05, 0.1) is 0 Å². The molecule has 0 fully saturated rings. The summed E-state index contributed by atoms with van der Waals surface area (Å²) >= 11 is 0. The minimum Gasteiger partial charge on any atom is -0.311 e. The van der Waals surface area contributed by atoms with Crippen molar-refractivity contribution in [1.82, 2.24) is 0 Å². The van der Waals surface area contributed by atoms with E-state index in [9.17, 15) is 0 Å². The van der Waals surface area contributed by atoms with E-state index in [1.165, 1.54) is 54.9 Å². The number of anilines is 6. The fourth-order valence-electron chi connectivity index (χ4n) is 9.34. The van der Waals surface area contributed by atoms with Gasteiger partial charge in [-0.2, -0.15) is 0 Å². The van der Waals surface area contributed by atoms with Crippen LogP contribution in [0, 0.1) is 0 Å². The van der Waals surface area contributed by atoms with Crippen LogP contribution in [0.2, 0.25) is 0 Å². The van der Waals surface area contributed by atoms with Gasteiger partial charge in [-0.1, -0.05) is 218 Å². The van der Waals surface area contributed by atoms with Crippen molar-refractivity contribution in [2.75, 3.05) is 9.80 Å². The molecule has 0 saturated heterocycles. The van der Waals surface area contributed by atoms with Crippen LogP contribution < -0.4 is 9.80 Å². The molecule has 2 nitrogen and oxygen atoms in total. The Kier molecular flexibility index (Phi) is 11.8. The van der Waals surface area contributed by atoms with Crippen LogP contribution >= 0.6 is 0 Å². The van der Waals surface area contributed by atoms with Crippen LogP contribution in [-0.4, -0.2) is 0 Å². The van der Waals surface area contributed by atoms with Gasteiger partial charge in [0.15, 0.2) is 0 Å². The molecule has 0 atom stereocenters. The first kappa shape index (κ1) is 41.7. The average molecular weight is 869 g/mol. The quantitative estimate of drug-likeness (QED) is 0.0892. The third-order valence-corrected chi connectivity index (χ3v) is 12.6. The fourth-order valence-corrected chi connectivity index (χ4v) is 9.34. The summed E-state index contributed by atoms with van der Waals surface area (Å²) in [5.41, 5.74) is 16.1. The predicted octanol–water partition coefficient (Wildman–Crippen LogP) is 18.6. The first-order valence-corrected chi connectivity index (χ1v) is 23.2. The summed E-state index contributed by atoms with van der Waals surface area (Å²) in [5, 5.41) is 4.91. The molecular weight excluding hydrogens is 821 g/mol. The third kappa shape index (κ3) is 8.75. The van der Waals surface area contributed by atoms with Crippen molar-refractivity contribution in [2.24, 2.45) is 0 Å². The molecule has 0 unspecified atom stereocenters. The van der Waals surface area contributed by atoms with Gasteiger partial charge in [0.25, 0.3) is 0 Å². The number of rotatable bonds is 12. The van der Waals surface area contributed by atoms with E-state index in [2.05, 4.69) is 289 Å². The molecule has 0 aliphatic heterocycles. The zero-order valence-electron chi connectivity index (χ0n) is 37.6. The minimum absolute atomic E-state index is 1.08. The fraction of sp³-hybridized carbons (Fsp3) is 0. The lowest BCUT2D eigenvalue weighted by Gasteiger charge is -2.26. The van der Waals surface area contributed by atoms with Gasteiger partial charge in [-0.3, -0.25) is 0 Å². The van der Waals surface area contributed by atoms with Crippen LogP contribution in [0.5, 0.6) is 0 Å². The van der Waals surface area contributed by atoms with Gasteiger partial charge >= 0.3 is 0 Å². The molecule has 0 bridgehead atoms. The van der Waals surface area contributed by atoms with Gasteiger partial charge in [0.2, 0.25) is 0 Å². The Morgan fingerprint density at radius 3 is 0.706 bits per heavy atom. The Morgan fingerprint density at radius 2 is 0.412 bits per heavy atom. The van der Waals surface area contributed by atoms with Crippen molar-refractivity contribution >= 4 is 80.0 Å². The summed E-state index contributed by atoms with van der Waals surface area (Å²) < 4.78 is 0. The van der Waals surface area contributed by atoms with Gasteiger partial charge < -0.3 is 9.80 Å². The summed E-state index contributed by atoms with van der Waals surface area (Å²) in [4.78, 5) is 4.66. The van der Waals surface area contributed by atoms with E-state index >= 15 is 0 Å². The number of benzene rings is 11. The van der Waals surface area contributed by atoms with E-state index in [4.69, 9.17) is 0 Å². The zero-order chi connectivity index (χ0) is 45.5. The van der Waals surface area contributed by atoms with E-state index in [0.717, 1.165) is 45.3 Å². The van der Waals surface area contributed by atoms with E-state index in [0.29, 0.717) is 0 Å². The largest absolute Gasteiger partial charge is 0.311 e. The standard InChI is InChI=1S/C66H48N2/c1-5-17-49(18-6-1)29-31-51-33-41-57(42-34-51)68(58-43-35-52(36-44-58)32-30-50-19-7-2-8-20-50)60-47-39-54(40-48-60)66-63-27-15-13-25-61(63)65(62-26-14-16-28-64(62)66)53-37-45-59(46-38-53)67(55-21-9-3-10-22-55)56-23-11-4-12-24-56/h1-48H/b31-29-,32-30?. The number of hydrogen-bond acceptors (Lipinski definition) is 2. The molecule has 322 valence electrons. The van der Waals surface area contributed by atoms with Crippen molar-refractivity contribution in [3.63, 3.8) is 0 Å². The summed E-state index contributed by atoms with van der Waals surface area (Å²) in [5.74, 6) is 0. The number of fused-ring (bicyclic) bond motifs is 2. The van der Waals surface area contributed by atoms with Gasteiger partial charge in [-0.05, 0) is 139 Å². The number of para-hydroxylation sites is 2. The Morgan fingerprint density at radius 1 is 0.191 bits per heavy atom. The minimum atomic E-state index is 1.08.